The number of nitrogens with zero attached hydrogens (tertiary/aromatic N) is 2. The Labute approximate surface area is 121 Å². The molecule has 0 fully saturated rings. The zero-order valence-electron chi connectivity index (χ0n) is 9.22. The van der Waals surface area contributed by atoms with E-state index < -0.39 is 6.01 Å². The average Bonchev–Trinajstić information content (AvgIpc) is 2.75. The summed E-state index contributed by atoms with van der Waals surface area (Å²) in [5.74, 6) is 0.327. The molecule has 0 spiro atoms. The molecule has 0 aliphatic heterocycles. The summed E-state index contributed by atoms with van der Waals surface area (Å²) in [5, 5.41) is 12.7. The van der Waals surface area contributed by atoms with Gasteiger partial charge >= 0.3 is 0 Å². The molecule has 0 unspecified atom stereocenters. The van der Waals surface area contributed by atoms with Gasteiger partial charge in [-0.1, -0.05) is 22.9 Å². The maximum Gasteiger partial charge on any atom is 0.236 e. The standard InChI is InChI=1S/C11H10FIN2O2S/c12-7-18-10-3-1-2-9(13)8(10)6-17-11-4-5-15(16)14-11/h1-5,16H,6-7H2. The molecule has 0 amide bonds. The van der Waals surface area contributed by atoms with E-state index >= 15 is 0 Å². The second kappa shape index (κ2) is 6.28. The molecule has 0 atom stereocenters. The van der Waals surface area contributed by atoms with Crippen LogP contribution in [0.15, 0.2) is 35.4 Å². The zero-order valence-corrected chi connectivity index (χ0v) is 12.2. The third-order valence-electron chi connectivity index (χ3n) is 2.20. The minimum Gasteiger partial charge on any atom is -0.472 e. The van der Waals surface area contributed by atoms with Crippen LogP contribution in [0.25, 0.3) is 0 Å². The first kappa shape index (κ1) is 13.5. The van der Waals surface area contributed by atoms with E-state index in [-0.39, 0.29) is 0 Å². The van der Waals surface area contributed by atoms with Crippen molar-refractivity contribution in [2.75, 3.05) is 6.01 Å². The highest BCUT2D eigenvalue weighted by molar-refractivity contribution is 14.1. The molecule has 7 heteroatoms. The van der Waals surface area contributed by atoms with E-state index in [0.717, 1.165) is 25.8 Å². The smallest absolute Gasteiger partial charge is 0.236 e. The van der Waals surface area contributed by atoms with Gasteiger partial charge in [0.1, 0.15) is 12.6 Å². The van der Waals surface area contributed by atoms with Crippen LogP contribution in [0.5, 0.6) is 5.88 Å². The van der Waals surface area contributed by atoms with Gasteiger partial charge in [0.25, 0.3) is 0 Å². The second-order valence-electron chi connectivity index (χ2n) is 3.33. The minimum atomic E-state index is -0.474. The molecule has 0 saturated heterocycles. The van der Waals surface area contributed by atoms with Gasteiger partial charge in [-0.2, -0.15) is 0 Å². The Morgan fingerprint density at radius 3 is 2.94 bits per heavy atom. The summed E-state index contributed by atoms with van der Waals surface area (Å²) in [6, 6.07) is 6.75. The molecule has 2 aromatic rings. The SMILES string of the molecule is On1ccc(OCc2c(I)cccc2SCF)n1. The number of ether oxygens (including phenoxy) is 1. The number of hydrogen-bond donors (Lipinski definition) is 1. The van der Waals surface area contributed by atoms with Gasteiger partial charge in [-0.3, -0.25) is 0 Å². The van der Waals surface area contributed by atoms with Gasteiger partial charge in [0, 0.05) is 20.1 Å². The molecule has 0 radical (unpaired) electrons. The van der Waals surface area contributed by atoms with Gasteiger partial charge in [-0.15, -0.1) is 4.85 Å². The third kappa shape index (κ3) is 3.29. The predicted octanol–water partition coefficient (Wildman–Crippen LogP) is 3.32. The number of halogens is 2. The summed E-state index contributed by atoms with van der Waals surface area (Å²) in [4.78, 5) is 1.54. The van der Waals surface area contributed by atoms with Crippen molar-refractivity contribution >= 4 is 34.4 Å². The quantitative estimate of drug-likeness (QED) is 0.491. The molecule has 0 bridgehead atoms. The van der Waals surface area contributed by atoms with E-state index in [9.17, 15) is 4.39 Å². The topological polar surface area (TPSA) is 47.3 Å². The molecule has 18 heavy (non-hydrogen) atoms. The van der Waals surface area contributed by atoms with Crippen molar-refractivity contribution in [3.63, 3.8) is 0 Å². The van der Waals surface area contributed by atoms with Crippen LogP contribution in [0, 0.1) is 3.57 Å². The van der Waals surface area contributed by atoms with Crippen molar-refractivity contribution in [2.45, 2.75) is 11.5 Å². The second-order valence-corrected chi connectivity index (χ2v) is 5.44. The first-order valence-corrected chi connectivity index (χ1v) is 7.11. The molecule has 1 aromatic carbocycles. The van der Waals surface area contributed by atoms with Crippen LogP contribution >= 0.6 is 34.4 Å². The highest BCUT2D eigenvalue weighted by Crippen LogP contribution is 2.27. The maximum absolute atomic E-state index is 12.4. The van der Waals surface area contributed by atoms with E-state index in [0.29, 0.717) is 17.3 Å². The molecule has 4 nitrogen and oxygen atoms in total. The Hall–Kier alpha value is -0.960. The van der Waals surface area contributed by atoms with E-state index in [2.05, 4.69) is 27.7 Å². The number of thioether (sulfide) groups is 1. The lowest BCUT2D eigenvalue weighted by molar-refractivity contribution is 0.141. The van der Waals surface area contributed by atoms with Gasteiger partial charge < -0.3 is 9.94 Å². The monoisotopic (exact) mass is 380 g/mol. The minimum absolute atomic E-state index is 0.290. The predicted molar refractivity (Wildman–Crippen MR) is 74.7 cm³/mol. The van der Waals surface area contributed by atoms with Crippen molar-refractivity contribution < 1.29 is 14.3 Å². The Kier molecular flexibility index (Phi) is 4.70. The third-order valence-corrected chi connectivity index (χ3v) is 4.02. The molecule has 1 aromatic heterocycles. The zero-order chi connectivity index (χ0) is 13.0. The van der Waals surface area contributed by atoms with Crippen LogP contribution in [0.2, 0.25) is 0 Å². The molecule has 2 rings (SSSR count). The lowest BCUT2D eigenvalue weighted by Crippen LogP contribution is -2.01. The Morgan fingerprint density at radius 2 is 2.28 bits per heavy atom. The van der Waals surface area contributed by atoms with Gasteiger partial charge in [0.05, 0.1) is 6.20 Å². The van der Waals surface area contributed by atoms with Crippen LogP contribution in [0.1, 0.15) is 5.56 Å². The van der Waals surface area contributed by atoms with Crippen LogP contribution in [-0.2, 0) is 6.61 Å². The fourth-order valence-corrected chi connectivity index (χ4v) is 2.87. The summed E-state index contributed by atoms with van der Waals surface area (Å²) < 4.78 is 18.9. The molecule has 0 aliphatic rings. The lowest BCUT2D eigenvalue weighted by atomic mass is 10.2. The van der Waals surface area contributed by atoms with Crippen LogP contribution < -0.4 is 4.74 Å². The average molecular weight is 380 g/mol. The largest absolute Gasteiger partial charge is 0.472 e. The maximum atomic E-state index is 12.4. The molecule has 1 N–H and O–H groups in total. The van der Waals surface area contributed by atoms with Gasteiger partial charge in [-0.25, -0.2) is 4.39 Å². The summed E-state index contributed by atoms with van der Waals surface area (Å²) >= 11 is 3.31. The normalized spacial score (nSPS) is 10.6. The number of alkyl halides is 1. The number of aromatic nitrogens is 2. The summed E-state index contributed by atoms with van der Waals surface area (Å²) in [5.41, 5.74) is 0.924. The Bertz CT molecular complexity index is 536. The Balaban J connectivity index is 2.12. The number of benzene rings is 1. The van der Waals surface area contributed by atoms with E-state index in [1.54, 1.807) is 6.07 Å². The van der Waals surface area contributed by atoms with E-state index in [4.69, 9.17) is 9.94 Å². The van der Waals surface area contributed by atoms with Crippen LogP contribution in [0.4, 0.5) is 4.39 Å². The highest BCUT2D eigenvalue weighted by atomic mass is 127. The summed E-state index contributed by atoms with van der Waals surface area (Å²) in [6.07, 6.45) is 1.38. The molecule has 96 valence electrons. The van der Waals surface area contributed by atoms with Crippen molar-refractivity contribution in [3.05, 3.63) is 39.6 Å². The molecular weight excluding hydrogens is 370 g/mol. The van der Waals surface area contributed by atoms with Gasteiger partial charge in [0.2, 0.25) is 5.88 Å². The van der Waals surface area contributed by atoms with Crippen LogP contribution in [-0.4, -0.2) is 21.2 Å². The van der Waals surface area contributed by atoms with Crippen LogP contribution in [0.3, 0.4) is 0 Å². The first-order chi connectivity index (χ1) is 8.70. The molecule has 0 saturated carbocycles. The van der Waals surface area contributed by atoms with Crippen molar-refractivity contribution in [1.29, 1.82) is 0 Å². The Morgan fingerprint density at radius 1 is 1.44 bits per heavy atom. The van der Waals surface area contributed by atoms with Crippen molar-refractivity contribution in [1.82, 2.24) is 9.94 Å². The van der Waals surface area contributed by atoms with Crippen molar-refractivity contribution in [2.24, 2.45) is 0 Å². The molecular formula is C11H10FIN2O2S. The first-order valence-electron chi connectivity index (χ1n) is 5.04. The number of hydrogen-bond acceptors (Lipinski definition) is 4. The highest BCUT2D eigenvalue weighted by Gasteiger charge is 2.09. The van der Waals surface area contributed by atoms with Gasteiger partial charge in [-0.05, 0) is 34.7 Å². The van der Waals surface area contributed by atoms with E-state index in [1.165, 1.54) is 6.20 Å². The molecule has 0 aliphatic carbocycles. The summed E-state index contributed by atoms with van der Waals surface area (Å²) in [6.45, 7) is 0.290. The number of rotatable bonds is 5. The van der Waals surface area contributed by atoms with Gasteiger partial charge in [0.15, 0.2) is 0 Å². The van der Waals surface area contributed by atoms with E-state index in [1.807, 2.05) is 18.2 Å². The fraction of sp³-hybridized carbons (Fsp3) is 0.182. The molecule has 1 heterocycles. The lowest BCUT2D eigenvalue weighted by Gasteiger charge is -2.10. The fourth-order valence-electron chi connectivity index (χ4n) is 1.39. The summed E-state index contributed by atoms with van der Waals surface area (Å²) in [7, 11) is 0. The van der Waals surface area contributed by atoms with Crippen molar-refractivity contribution in [3.8, 4) is 5.88 Å².